The van der Waals surface area contributed by atoms with E-state index in [0.29, 0.717) is 24.1 Å². The fourth-order valence-corrected chi connectivity index (χ4v) is 2.52. The molecule has 1 saturated carbocycles. The summed E-state index contributed by atoms with van der Waals surface area (Å²) in [5.74, 6) is 1.17. The van der Waals surface area contributed by atoms with Crippen LogP contribution < -0.4 is 4.74 Å². The van der Waals surface area contributed by atoms with E-state index in [1.54, 1.807) is 4.68 Å². The molecule has 1 aromatic carbocycles. The van der Waals surface area contributed by atoms with Crippen LogP contribution in [0.25, 0.3) is 0 Å². The predicted molar refractivity (Wildman–Crippen MR) is 76.2 cm³/mol. The van der Waals surface area contributed by atoms with Gasteiger partial charge in [-0.15, -0.1) is 5.10 Å². The minimum Gasteiger partial charge on any atom is -0.472 e. The third kappa shape index (κ3) is 2.80. The second-order valence-corrected chi connectivity index (χ2v) is 5.23. The van der Waals surface area contributed by atoms with E-state index in [9.17, 15) is 4.21 Å². The number of nitrogens with zero attached hydrogens (tertiary/aromatic N) is 3. The van der Waals surface area contributed by atoms with Gasteiger partial charge >= 0.3 is 0 Å². The highest BCUT2D eigenvalue weighted by Gasteiger charge is 2.27. The van der Waals surface area contributed by atoms with Gasteiger partial charge in [0.25, 0.3) is 0 Å². The van der Waals surface area contributed by atoms with Gasteiger partial charge in [0.1, 0.15) is 6.61 Å². The van der Waals surface area contributed by atoms with Crippen molar-refractivity contribution in [3.63, 3.8) is 0 Å². The van der Waals surface area contributed by atoms with E-state index >= 15 is 0 Å². The number of hydrogen-bond donors (Lipinski definition) is 0. The van der Waals surface area contributed by atoms with Gasteiger partial charge < -0.3 is 4.74 Å². The first-order chi connectivity index (χ1) is 9.78. The molecule has 104 valence electrons. The molecule has 0 saturated heterocycles. The van der Waals surface area contributed by atoms with E-state index in [2.05, 4.69) is 15.5 Å². The maximum Gasteiger partial charge on any atom is 0.233 e. The first-order valence-corrected chi connectivity index (χ1v) is 7.22. The fraction of sp³-hybridized carbons (Fsp3) is 0.357. The van der Waals surface area contributed by atoms with Gasteiger partial charge in [0, 0.05) is 24.9 Å². The van der Waals surface area contributed by atoms with Gasteiger partial charge in [0.05, 0.1) is 5.69 Å². The molecule has 20 heavy (non-hydrogen) atoms. The zero-order chi connectivity index (χ0) is 13.9. The van der Waals surface area contributed by atoms with Gasteiger partial charge in [-0.2, -0.15) is 8.57 Å². The maximum atomic E-state index is 10.7. The Morgan fingerprint density at radius 1 is 1.45 bits per heavy atom. The molecule has 1 aliphatic carbocycles. The molecule has 1 heterocycles. The quantitative estimate of drug-likeness (QED) is 0.850. The molecular weight excluding hydrogens is 274 g/mol. The Kier molecular flexibility index (Phi) is 3.64. The highest BCUT2D eigenvalue weighted by atomic mass is 32.1. The van der Waals surface area contributed by atoms with Crippen molar-refractivity contribution < 1.29 is 8.95 Å². The van der Waals surface area contributed by atoms with Gasteiger partial charge in [-0.25, -0.2) is 0 Å². The number of hydrogen-bond acceptors (Lipinski definition) is 4. The summed E-state index contributed by atoms with van der Waals surface area (Å²) in [7, 11) is 1.85. The summed E-state index contributed by atoms with van der Waals surface area (Å²) in [6.45, 7) is 0.392. The van der Waals surface area contributed by atoms with E-state index < -0.39 is 0 Å². The van der Waals surface area contributed by atoms with Gasteiger partial charge in [-0.3, -0.25) is 4.68 Å². The van der Waals surface area contributed by atoms with Crippen molar-refractivity contribution in [3.05, 3.63) is 41.6 Å². The van der Waals surface area contributed by atoms with Crippen molar-refractivity contribution >= 4 is 17.2 Å². The first-order valence-electron chi connectivity index (χ1n) is 6.52. The minimum absolute atomic E-state index is 0.235. The molecule has 1 aromatic heterocycles. The first kappa shape index (κ1) is 13.1. The van der Waals surface area contributed by atoms with Crippen LogP contribution in [0.15, 0.2) is 34.8 Å². The SMILES string of the molecule is Cn1ccc(OCc2c(N=S=O)cccc2C2CC2)n1. The second kappa shape index (κ2) is 5.58. The maximum absolute atomic E-state index is 10.7. The van der Waals surface area contributed by atoms with Crippen LogP contribution in [0.5, 0.6) is 5.88 Å². The summed E-state index contributed by atoms with van der Waals surface area (Å²) in [5, 5.41) is 4.19. The van der Waals surface area contributed by atoms with E-state index in [-0.39, 0.29) is 11.5 Å². The van der Waals surface area contributed by atoms with Crippen LogP contribution in [0.2, 0.25) is 0 Å². The lowest BCUT2D eigenvalue weighted by Crippen LogP contribution is -2.01. The Balaban J connectivity index is 1.87. The Bertz CT molecular complexity index is 673. The van der Waals surface area contributed by atoms with Crippen LogP contribution in [0.3, 0.4) is 0 Å². The largest absolute Gasteiger partial charge is 0.472 e. The smallest absolute Gasteiger partial charge is 0.233 e. The van der Waals surface area contributed by atoms with Crippen molar-refractivity contribution in [1.29, 1.82) is 0 Å². The monoisotopic (exact) mass is 289 g/mol. The topological polar surface area (TPSA) is 56.5 Å². The summed E-state index contributed by atoms with van der Waals surface area (Å²) >= 11 is 0.235. The Labute approximate surface area is 120 Å². The molecule has 0 radical (unpaired) electrons. The van der Waals surface area contributed by atoms with Crippen LogP contribution >= 0.6 is 0 Å². The molecular formula is C14H15N3O2S. The second-order valence-electron chi connectivity index (χ2n) is 4.90. The third-order valence-corrected chi connectivity index (χ3v) is 3.67. The van der Waals surface area contributed by atoms with Crippen LogP contribution in [0, 0.1) is 0 Å². The van der Waals surface area contributed by atoms with Crippen LogP contribution in [0.1, 0.15) is 29.9 Å². The van der Waals surface area contributed by atoms with Crippen LogP contribution in [-0.2, 0) is 25.1 Å². The molecule has 1 fully saturated rings. The molecule has 3 rings (SSSR count). The van der Waals surface area contributed by atoms with Gasteiger partial charge in [-0.05, 0) is 30.4 Å². The average Bonchev–Trinajstić information content (AvgIpc) is 3.20. The Morgan fingerprint density at radius 3 is 2.95 bits per heavy atom. The highest BCUT2D eigenvalue weighted by molar-refractivity contribution is 7.54. The van der Waals surface area contributed by atoms with E-state index in [0.717, 1.165) is 5.56 Å². The molecule has 0 N–H and O–H groups in total. The van der Waals surface area contributed by atoms with Crippen LogP contribution in [-0.4, -0.2) is 14.0 Å². The normalized spacial score (nSPS) is 14.1. The molecule has 6 heteroatoms. The number of aromatic nitrogens is 2. The summed E-state index contributed by atoms with van der Waals surface area (Å²) in [6.07, 6.45) is 4.23. The Hall–Kier alpha value is -1.95. The Morgan fingerprint density at radius 2 is 2.30 bits per heavy atom. The van der Waals surface area contributed by atoms with Crippen molar-refractivity contribution in [2.24, 2.45) is 11.4 Å². The molecule has 0 amide bonds. The third-order valence-electron chi connectivity index (χ3n) is 3.39. The number of ether oxygens (including phenoxy) is 1. The van der Waals surface area contributed by atoms with Gasteiger partial charge in [0.15, 0.2) is 0 Å². The highest BCUT2D eigenvalue weighted by Crippen LogP contribution is 2.43. The van der Waals surface area contributed by atoms with Crippen molar-refractivity contribution in [1.82, 2.24) is 9.78 Å². The molecule has 0 atom stereocenters. The molecule has 0 bridgehead atoms. The molecule has 1 aliphatic rings. The molecule has 0 aliphatic heterocycles. The number of benzene rings is 1. The molecule has 5 nitrogen and oxygen atoms in total. The standard InChI is InChI=1S/C14H15N3O2S/c1-17-8-7-14(15-17)19-9-12-11(10-5-6-10)3-2-4-13(12)16-20-18/h2-4,7-8,10H,5-6,9H2,1H3. The minimum atomic E-state index is 0.235. The van der Waals surface area contributed by atoms with E-state index in [1.807, 2.05) is 31.4 Å². The van der Waals surface area contributed by atoms with Crippen LogP contribution in [0.4, 0.5) is 5.69 Å². The lowest BCUT2D eigenvalue weighted by atomic mass is 10.0. The zero-order valence-electron chi connectivity index (χ0n) is 11.2. The fourth-order valence-electron chi connectivity index (χ4n) is 2.27. The lowest BCUT2D eigenvalue weighted by Gasteiger charge is -2.11. The number of rotatable bonds is 5. The van der Waals surface area contributed by atoms with Crippen molar-refractivity contribution in [2.75, 3.05) is 0 Å². The predicted octanol–water partition coefficient (Wildman–Crippen LogP) is 2.90. The summed E-state index contributed by atoms with van der Waals surface area (Å²) in [4.78, 5) is 0. The van der Waals surface area contributed by atoms with Crippen molar-refractivity contribution in [2.45, 2.75) is 25.4 Å². The summed E-state index contributed by atoms with van der Waals surface area (Å²) < 4.78 is 22.1. The molecule has 2 aromatic rings. The zero-order valence-corrected chi connectivity index (χ0v) is 12.0. The van der Waals surface area contributed by atoms with Gasteiger partial charge in [0.2, 0.25) is 17.3 Å². The lowest BCUT2D eigenvalue weighted by molar-refractivity contribution is 0.290. The van der Waals surface area contributed by atoms with E-state index in [4.69, 9.17) is 4.74 Å². The molecule has 0 spiro atoms. The molecule has 0 unspecified atom stereocenters. The number of aryl methyl sites for hydroxylation is 1. The van der Waals surface area contributed by atoms with Crippen molar-refractivity contribution in [3.8, 4) is 5.88 Å². The van der Waals surface area contributed by atoms with Gasteiger partial charge in [-0.1, -0.05) is 12.1 Å². The van der Waals surface area contributed by atoms with E-state index in [1.165, 1.54) is 18.4 Å². The summed E-state index contributed by atoms with van der Waals surface area (Å²) in [5.41, 5.74) is 2.96. The average molecular weight is 289 g/mol. The summed E-state index contributed by atoms with van der Waals surface area (Å²) in [6, 6.07) is 7.73.